The van der Waals surface area contributed by atoms with Crippen molar-refractivity contribution in [1.29, 1.82) is 0 Å². The monoisotopic (exact) mass is 353 g/mol. The van der Waals surface area contributed by atoms with Gasteiger partial charge < -0.3 is 25.3 Å². The summed E-state index contributed by atoms with van der Waals surface area (Å²) < 4.78 is 5.34. The van der Waals surface area contributed by atoms with E-state index in [1.807, 2.05) is 0 Å². The molecule has 0 aromatic heterocycles. The standard InChI is InChI=1S/C19H18N2O5/c22-17(12-6-8-13(9-7-12)19(24)25)20-14-3-1-4-15(11-14)21-18(23)16-5-2-10-26-16/h1,3-4,6-9,11,16H,2,5,10H2,(H,20,22)(H,21,23)(H,24,25)/p-1/t16-/m0/s1. The summed E-state index contributed by atoms with van der Waals surface area (Å²) in [6.45, 7) is 0.588. The zero-order valence-corrected chi connectivity index (χ0v) is 13.9. The molecule has 1 saturated heterocycles. The van der Waals surface area contributed by atoms with Crippen LogP contribution in [-0.2, 0) is 9.53 Å². The first-order chi connectivity index (χ1) is 12.5. The SMILES string of the molecule is O=C([O-])c1ccc(C(=O)Nc2cccc(NC(=O)[C@@H]3CCCO3)c2)cc1. The van der Waals surface area contributed by atoms with Gasteiger partial charge in [0, 0.05) is 23.5 Å². The summed E-state index contributed by atoms with van der Waals surface area (Å²) in [6.07, 6.45) is 1.13. The van der Waals surface area contributed by atoms with Gasteiger partial charge in [-0.25, -0.2) is 0 Å². The third-order valence-corrected chi connectivity index (χ3v) is 3.99. The Labute approximate surface area is 150 Å². The van der Waals surface area contributed by atoms with Crippen LogP contribution in [0.3, 0.4) is 0 Å². The molecule has 26 heavy (non-hydrogen) atoms. The van der Waals surface area contributed by atoms with Crippen molar-refractivity contribution in [2.45, 2.75) is 18.9 Å². The molecule has 3 rings (SSSR count). The van der Waals surface area contributed by atoms with Crippen LogP contribution in [0, 0.1) is 0 Å². The summed E-state index contributed by atoms with van der Waals surface area (Å²) >= 11 is 0. The molecular formula is C19H17N2O5-. The number of amides is 2. The highest BCUT2D eigenvalue weighted by Crippen LogP contribution is 2.19. The maximum absolute atomic E-state index is 12.3. The van der Waals surface area contributed by atoms with E-state index in [1.54, 1.807) is 24.3 Å². The van der Waals surface area contributed by atoms with Crippen LogP contribution in [0.15, 0.2) is 48.5 Å². The van der Waals surface area contributed by atoms with Crippen molar-refractivity contribution in [3.63, 3.8) is 0 Å². The molecule has 2 aromatic carbocycles. The van der Waals surface area contributed by atoms with E-state index >= 15 is 0 Å². The van der Waals surface area contributed by atoms with E-state index in [4.69, 9.17) is 4.74 Å². The Morgan fingerprint density at radius 1 is 0.962 bits per heavy atom. The third kappa shape index (κ3) is 4.25. The number of hydrogen-bond donors (Lipinski definition) is 2. The number of carbonyl (C=O) groups is 3. The molecule has 0 saturated carbocycles. The Hall–Kier alpha value is -3.19. The van der Waals surface area contributed by atoms with Crippen molar-refractivity contribution >= 4 is 29.2 Å². The number of carbonyl (C=O) groups excluding carboxylic acids is 3. The van der Waals surface area contributed by atoms with Crippen LogP contribution >= 0.6 is 0 Å². The molecule has 1 heterocycles. The minimum atomic E-state index is -1.30. The number of hydrogen-bond acceptors (Lipinski definition) is 5. The van der Waals surface area contributed by atoms with Gasteiger partial charge in [0.25, 0.3) is 11.8 Å². The molecule has 7 heteroatoms. The lowest BCUT2D eigenvalue weighted by atomic mass is 10.1. The molecule has 0 aliphatic carbocycles. The van der Waals surface area contributed by atoms with Gasteiger partial charge in [-0.1, -0.05) is 18.2 Å². The number of anilines is 2. The molecule has 7 nitrogen and oxygen atoms in total. The summed E-state index contributed by atoms with van der Waals surface area (Å²) in [5.41, 5.74) is 1.36. The van der Waals surface area contributed by atoms with Crippen molar-refractivity contribution in [3.05, 3.63) is 59.7 Å². The lowest BCUT2D eigenvalue weighted by molar-refractivity contribution is -0.255. The van der Waals surface area contributed by atoms with Crippen molar-refractivity contribution in [3.8, 4) is 0 Å². The summed E-state index contributed by atoms with van der Waals surface area (Å²) in [7, 11) is 0. The number of benzene rings is 2. The number of rotatable bonds is 5. The third-order valence-electron chi connectivity index (χ3n) is 3.99. The van der Waals surface area contributed by atoms with Gasteiger partial charge in [-0.3, -0.25) is 9.59 Å². The smallest absolute Gasteiger partial charge is 0.255 e. The number of carboxylic acid groups (broad SMARTS) is 1. The highest BCUT2D eigenvalue weighted by molar-refractivity contribution is 6.05. The van der Waals surface area contributed by atoms with Gasteiger partial charge in [-0.05, 0) is 48.7 Å². The Kier molecular flexibility index (Phi) is 5.28. The predicted molar refractivity (Wildman–Crippen MR) is 92.8 cm³/mol. The van der Waals surface area contributed by atoms with E-state index in [-0.39, 0.29) is 11.5 Å². The van der Waals surface area contributed by atoms with E-state index in [9.17, 15) is 19.5 Å². The Morgan fingerprint density at radius 3 is 2.23 bits per heavy atom. The van der Waals surface area contributed by atoms with Crippen LogP contribution in [0.4, 0.5) is 11.4 Å². The Morgan fingerprint density at radius 2 is 1.62 bits per heavy atom. The maximum atomic E-state index is 12.3. The fraction of sp³-hybridized carbons (Fsp3) is 0.211. The molecule has 0 unspecified atom stereocenters. The minimum Gasteiger partial charge on any atom is -0.545 e. The fourth-order valence-corrected chi connectivity index (χ4v) is 2.64. The molecule has 134 valence electrons. The van der Waals surface area contributed by atoms with Gasteiger partial charge in [-0.2, -0.15) is 0 Å². The van der Waals surface area contributed by atoms with Crippen LogP contribution < -0.4 is 15.7 Å². The predicted octanol–water partition coefficient (Wildman–Crippen LogP) is 1.42. The molecule has 2 aromatic rings. The van der Waals surface area contributed by atoms with Crippen molar-refractivity contribution in [2.75, 3.05) is 17.2 Å². The van der Waals surface area contributed by atoms with E-state index in [1.165, 1.54) is 24.3 Å². The molecule has 2 N–H and O–H groups in total. The summed E-state index contributed by atoms with van der Waals surface area (Å²) in [4.78, 5) is 35.1. The lowest BCUT2D eigenvalue weighted by Gasteiger charge is -2.12. The molecule has 0 radical (unpaired) electrons. The zero-order valence-electron chi connectivity index (χ0n) is 13.9. The van der Waals surface area contributed by atoms with E-state index < -0.39 is 18.0 Å². The molecule has 2 amide bonds. The molecule has 0 bridgehead atoms. The lowest BCUT2D eigenvalue weighted by Crippen LogP contribution is -2.26. The van der Waals surface area contributed by atoms with Gasteiger partial charge in [0.1, 0.15) is 6.10 Å². The van der Waals surface area contributed by atoms with E-state index in [0.717, 1.165) is 6.42 Å². The van der Waals surface area contributed by atoms with Gasteiger partial charge in [0.2, 0.25) is 0 Å². The topological polar surface area (TPSA) is 108 Å². The van der Waals surface area contributed by atoms with Gasteiger partial charge >= 0.3 is 0 Å². The summed E-state index contributed by atoms with van der Waals surface area (Å²) in [6, 6.07) is 12.2. The summed E-state index contributed by atoms with van der Waals surface area (Å²) in [5.74, 6) is -1.90. The molecule has 0 spiro atoms. The summed E-state index contributed by atoms with van der Waals surface area (Å²) in [5, 5.41) is 16.2. The number of nitrogens with one attached hydrogen (secondary N) is 2. The number of ether oxygens (including phenoxy) is 1. The Balaban J connectivity index is 1.65. The van der Waals surface area contributed by atoms with Crippen molar-refractivity contribution < 1.29 is 24.2 Å². The second kappa shape index (κ2) is 7.79. The highest BCUT2D eigenvalue weighted by atomic mass is 16.5. The van der Waals surface area contributed by atoms with E-state index in [0.29, 0.717) is 30.0 Å². The highest BCUT2D eigenvalue weighted by Gasteiger charge is 2.23. The van der Waals surface area contributed by atoms with Crippen LogP contribution in [-0.4, -0.2) is 30.5 Å². The first-order valence-corrected chi connectivity index (χ1v) is 8.18. The van der Waals surface area contributed by atoms with Crippen LogP contribution in [0.1, 0.15) is 33.6 Å². The van der Waals surface area contributed by atoms with Gasteiger partial charge in [-0.15, -0.1) is 0 Å². The molecule has 1 aliphatic rings. The van der Waals surface area contributed by atoms with Crippen molar-refractivity contribution in [2.24, 2.45) is 0 Å². The van der Waals surface area contributed by atoms with Gasteiger partial charge in [0.15, 0.2) is 0 Å². The van der Waals surface area contributed by atoms with Crippen LogP contribution in [0.25, 0.3) is 0 Å². The number of carboxylic acids is 1. The Bertz CT molecular complexity index is 826. The van der Waals surface area contributed by atoms with E-state index in [2.05, 4.69) is 10.6 Å². The molecule has 1 aliphatic heterocycles. The average molecular weight is 353 g/mol. The van der Waals surface area contributed by atoms with Crippen molar-refractivity contribution in [1.82, 2.24) is 0 Å². The largest absolute Gasteiger partial charge is 0.545 e. The molecule has 1 atom stereocenters. The van der Waals surface area contributed by atoms with Gasteiger partial charge in [0.05, 0.1) is 5.97 Å². The normalized spacial score (nSPS) is 16.1. The first-order valence-electron chi connectivity index (χ1n) is 8.18. The second-order valence-electron chi connectivity index (χ2n) is 5.89. The minimum absolute atomic E-state index is 0.000362. The second-order valence-corrected chi connectivity index (χ2v) is 5.89. The number of aromatic carboxylic acids is 1. The molecular weight excluding hydrogens is 336 g/mol. The maximum Gasteiger partial charge on any atom is 0.255 e. The average Bonchev–Trinajstić information content (AvgIpc) is 3.17. The quantitative estimate of drug-likeness (QED) is 0.845. The van der Waals surface area contributed by atoms with Crippen LogP contribution in [0.5, 0.6) is 0 Å². The zero-order chi connectivity index (χ0) is 18.5. The molecule has 1 fully saturated rings. The first kappa shape index (κ1) is 17.6. The fourth-order valence-electron chi connectivity index (χ4n) is 2.64. The van der Waals surface area contributed by atoms with Crippen LogP contribution in [0.2, 0.25) is 0 Å².